The molecule has 1 fully saturated rings. The summed E-state index contributed by atoms with van der Waals surface area (Å²) >= 11 is 0. The van der Waals surface area contributed by atoms with E-state index in [1.165, 1.54) is 38.1 Å². The highest BCUT2D eigenvalue weighted by Crippen LogP contribution is 2.36. The lowest BCUT2D eigenvalue weighted by Crippen LogP contribution is -2.35. The minimum absolute atomic E-state index is 0.134. The molecule has 5 nitrogen and oxygen atoms in total. The van der Waals surface area contributed by atoms with Gasteiger partial charge in [0.2, 0.25) is 0 Å². The molecule has 0 saturated heterocycles. The van der Waals surface area contributed by atoms with Crippen molar-refractivity contribution in [3.63, 3.8) is 0 Å². The van der Waals surface area contributed by atoms with E-state index in [0.717, 1.165) is 6.54 Å². The molecule has 0 unspecified atom stereocenters. The second-order valence-corrected chi connectivity index (χ2v) is 4.56. The zero-order chi connectivity index (χ0) is 11.4. The van der Waals surface area contributed by atoms with Gasteiger partial charge >= 0.3 is 0 Å². The van der Waals surface area contributed by atoms with Crippen LogP contribution in [0.5, 0.6) is 0 Å². The van der Waals surface area contributed by atoms with E-state index in [2.05, 4.69) is 15.3 Å². The molecule has 0 amide bonds. The smallest absolute Gasteiger partial charge is 0.252 e. The van der Waals surface area contributed by atoms with Gasteiger partial charge in [-0.2, -0.15) is 0 Å². The van der Waals surface area contributed by atoms with Crippen molar-refractivity contribution in [3.8, 4) is 0 Å². The van der Waals surface area contributed by atoms with Crippen LogP contribution in [0.3, 0.4) is 0 Å². The number of hydrogen-bond acceptors (Lipinski definition) is 4. The van der Waals surface area contributed by atoms with Crippen LogP contribution in [0.2, 0.25) is 0 Å². The Morgan fingerprint density at radius 1 is 1.50 bits per heavy atom. The molecule has 2 rings (SSSR count). The van der Waals surface area contributed by atoms with Crippen molar-refractivity contribution < 1.29 is 0 Å². The van der Waals surface area contributed by atoms with Crippen molar-refractivity contribution in [1.29, 1.82) is 0 Å². The highest BCUT2D eigenvalue weighted by Gasteiger charge is 2.32. The van der Waals surface area contributed by atoms with Crippen LogP contribution < -0.4 is 16.6 Å². The van der Waals surface area contributed by atoms with E-state index in [9.17, 15) is 4.79 Å². The highest BCUT2D eigenvalue weighted by molar-refractivity contribution is 5.32. The number of hydrogen-bond donors (Lipinski definition) is 3. The van der Waals surface area contributed by atoms with Crippen molar-refractivity contribution >= 4 is 5.82 Å². The van der Waals surface area contributed by atoms with E-state index in [4.69, 9.17) is 5.73 Å². The standard InChI is InChI=1S/C11H18N4O/c12-6-11(3-1-2-4-11)7-13-9-5-10(16)15-8-14-9/h5,8H,1-4,6-7,12H2,(H2,13,14,15,16). The molecule has 0 bridgehead atoms. The van der Waals surface area contributed by atoms with E-state index in [1.807, 2.05) is 0 Å². The van der Waals surface area contributed by atoms with Crippen LogP contribution in [-0.2, 0) is 0 Å². The van der Waals surface area contributed by atoms with Gasteiger partial charge in [0.15, 0.2) is 0 Å². The normalized spacial score (nSPS) is 18.6. The maximum Gasteiger partial charge on any atom is 0.252 e. The van der Waals surface area contributed by atoms with Gasteiger partial charge in [-0.25, -0.2) is 4.98 Å². The number of nitrogens with zero attached hydrogens (tertiary/aromatic N) is 1. The fraction of sp³-hybridized carbons (Fsp3) is 0.636. The van der Waals surface area contributed by atoms with Crippen LogP contribution in [0.1, 0.15) is 25.7 Å². The molecule has 5 heteroatoms. The Kier molecular flexibility index (Phi) is 3.24. The molecule has 1 aromatic rings. The number of nitrogens with two attached hydrogens (primary N) is 1. The third-order valence-corrected chi connectivity index (χ3v) is 3.42. The monoisotopic (exact) mass is 222 g/mol. The predicted molar refractivity (Wildman–Crippen MR) is 63.3 cm³/mol. The molecule has 0 aliphatic heterocycles. The zero-order valence-corrected chi connectivity index (χ0v) is 9.33. The SMILES string of the molecule is NCC1(CNc2cc(=O)[nH]cn2)CCCC1. The van der Waals surface area contributed by atoms with E-state index >= 15 is 0 Å². The number of aromatic amines is 1. The number of rotatable bonds is 4. The first-order valence-electron chi connectivity index (χ1n) is 5.73. The molecule has 1 aromatic heterocycles. The fourth-order valence-corrected chi connectivity index (χ4v) is 2.32. The van der Waals surface area contributed by atoms with Gasteiger partial charge in [0.1, 0.15) is 5.82 Å². The minimum Gasteiger partial charge on any atom is -0.369 e. The third kappa shape index (κ3) is 2.41. The Labute approximate surface area is 94.5 Å². The summed E-state index contributed by atoms with van der Waals surface area (Å²) in [5.41, 5.74) is 5.90. The van der Waals surface area contributed by atoms with Gasteiger partial charge in [0.25, 0.3) is 5.56 Å². The van der Waals surface area contributed by atoms with Crippen molar-refractivity contribution in [2.45, 2.75) is 25.7 Å². The summed E-state index contributed by atoms with van der Waals surface area (Å²) in [6.07, 6.45) is 6.25. The number of H-pyrrole nitrogens is 1. The second-order valence-electron chi connectivity index (χ2n) is 4.56. The maximum absolute atomic E-state index is 11.1. The highest BCUT2D eigenvalue weighted by atomic mass is 16.1. The molecular formula is C11H18N4O. The summed E-state index contributed by atoms with van der Waals surface area (Å²) in [6.45, 7) is 1.50. The van der Waals surface area contributed by atoms with E-state index < -0.39 is 0 Å². The number of nitrogens with one attached hydrogen (secondary N) is 2. The predicted octanol–water partition coefficient (Wildman–Crippen LogP) is 0.701. The van der Waals surface area contributed by atoms with Gasteiger partial charge in [0, 0.05) is 12.6 Å². The molecule has 0 aromatic carbocycles. The summed E-state index contributed by atoms with van der Waals surface area (Å²) in [5, 5.41) is 3.21. The fourth-order valence-electron chi connectivity index (χ4n) is 2.32. The van der Waals surface area contributed by atoms with Crippen LogP contribution in [0.15, 0.2) is 17.2 Å². The van der Waals surface area contributed by atoms with Crippen molar-refractivity contribution in [1.82, 2.24) is 9.97 Å². The first-order valence-corrected chi connectivity index (χ1v) is 5.73. The van der Waals surface area contributed by atoms with E-state index in [0.29, 0.717) is 12.4 Å². The van der Waals surface area contributed by atoms with Crippen LogP contribution in [0.25, 0.3) is 0 Å². The summed E-state index contributed by atoms with van der Waals surface area (Å²) in [6, 6.07) is 1.47. The Bertz CT molecular complexity index is 395. The third-order valence-electron chi connectivity index (χ3n) is 3.42. The Morgan fingerprint density at radius 2 is 2.25 bits per heavy atom. The maximum atomic E-state index is 11.1. The van der Waals surface area contributed by atoms with Crippen molar-refractivity contribution in [2.75, 3.05) is 18.4 Å². The largest absolute Gasteiger partial charge is 0.369 e. The molecule has 1 heterocycles. The Balaban J connectivity index is 1.98. The molecule has 1 aliphatic rings. The molecule has 0 atom stereocenters. The first-order chi connectivity index (χ1) is 7.74. The lowest BCUT2D eigenvalue weighted by molar-refractivity contribution is 0.332. The van der Waals surface area contributed by atoms with Gasteiger partial charge < -0.3 is 16.0 Å². The van der Waals surface area contributed by atoms with Gasteiger partial charge in [-0.3, -0.25) is 4.79 Å². The first kappa shape index (κ1) is 11.1. The lowest BCUT2D eigenvalue weighted by Gasteiger charge is -2.27. The van der Waals surface area contributed by atoms with Crippen LogP contribution in [0, 0.1) is 5.41 Å². The Morgan fingerprint density at radius 3 is 2.88 bits per heavy atom. The van der Waals surface area contributed by atoms with Gasteiger partial charge in [-0.1, -0.05) is 12.8 Å². The summed E-state index contributed by atoms with van der Waals surface area (Å²) < 4.78 is 0. The van der Waals surface area contributed by atoms with Crippen LogP contribution in [0.4, 0.5) is 5.82 Å². The molecule has 1 saturated carbocycles. The van der Waals surface area contributed by atoms with Crippen LogP contribution >= 0.6 is 0 Å². The second kappa shape index (κ2) is 4.65. The molecular weight excluding hydrogens is 204 g/mol. The summed E-state index contributed by atoms with van der Waals surface area (Å²) in [7, 11) is 0. The molecule has 0 radical (unpaired) electrons. The molecule has 16 heavy (non-hydrogen) atoms. The zero-order valence-electron chi connectivity index (χ0n) is 9.33. The average molecular weight is 222 g/mol. The van der Waals surface area contributed by atoms with Gasteiger partial charge in [0.05, 0.1) is 6.33 Å². The molecule has 1 aliphatic carbocycles. The molecule has 88 valence electrons. The van der Waals surface area contributed by atoms with Gasteiger partial charge in [-0.05, 0) is 24.8 Å². The van der Waals surface area contributed by atoms with Gasteiger partial charge in [-0.15, -0.1) is 0 Å². The number of aromatic nitrogens is 2. The minimum atomic E-state index is -0.134. The average Bonchev–Trinajstić information content (AvgIpc) is 2.76. The lowest BCUT2D eigenvalue weighted by atomic mass is 9.86. The van der Waals surface area contributed by atoms with E-state index in [1.54, 1.807) is 0 Å². The van der Waals surface area contributed by atoms with Crippen molar-refractivity contribution in [2.24, 2.45) is 11.1 Å². The quantitative estimate of drug-likeness (QED) is 0.700. The van der Waals surface area contributed by atoms with E-state index in [-0.39, 0.29) is 11.0 Å². The topological polar surface area (TPSA) is 83.8 Å². The number of anilines is 1. The van der Waals surface area contributed by atoms with Crippen molar-refractivity contribution in [3.05, 3.63) is 22.7 Å². The summed E-state index contributed by atoms with van der Waals surface area (Å²) in [4.78, 5) is 17.6. The van der Waals surface area contributed by atoms with Crippen LogP contribution in [-0.4, -0.2) is 23.1 Å². The summed E-state index contributed by atoms with van der Waals surface area (Å²) in [5.74, 6) is 0.628. The molecule has 0 spiro atoms. The Hall–Kier alpha value is -1.36. The molecule has 4 N–H and O–H groups in total.